The Labute approximate surface area is 109 Å². The van der Waals surface area contributed by atoms with Crippen molar-refractivity contribution in [3.63, 3.8) is 0 Å². The van der Waals surface area contributed by atoms with E-state index in [0.29, 0.717) is 0 Å². The van der Waals surface area contributed by atoms with Crippen molar-refractivity contribution < 1.29 is 0 Å². The Morgan fingerprint density at radius 2 is 2.18 bits per heavy atom. The number of thiazole rings is 1. The van der Waals surface area contributed by atoms with Crippen LogP contribution in [0.25, 0.3) is 0 Å². The molecule has 1 aliphatic carbocycles. The van der Waals surface area contributed by atoms with Crippen molar-refractivity contribution >= 4 is 11.3 Å². The third-order valence-corrected chi connectivity index (χ3v) is 4.97. The second-order valence-corrected chi connectivity index (χ2v) is 7.33. The molecule has 0 aliphatic heterocycles. The van der Waals surface area contributed by atoms with Crippen LogP contribution in [0.2, 0.25) is 0 Å². The summed E-state index contributed by atoms with van der Waals surface area (Å²) in [6, 6.07) is 0. The van der Waals surface area contributed by atoms with Crippen molar-refractivity contribution in [2.75, 3.05) is 7.05 Å². The van der Waals surface area contributed by atoms with Crippen molar-refractivity contribution in [1.29, 1.82) is 0 Å². The van der Waals surface area contributed by atoms with Gasteiger partial charge in [-0.15, -0.1) is 11.3 Å². The summed E-state index contributed by atoms with van der Waals surface area (Å²) in [6.45, 7) is 9.04. The molecule has 2 rings (SSSR count). The first kappa shape index (κ1) is 13.0. The minimum absolute atomic E-state index is 0.146. The summed E-state index contributed by atoms with van der Waals surface area (Å²) >= 11 is 1.83. The summed E-state index contributed by atoms with van der Waals surface area (Å²) in [7, 11) is 2.08. The van der Waals surface area contributed by atoms with Gasteiger partial charge in [-0.25, -0.2) is 4.98 Å². The van der Waals surface area contributed by atoms with Gasteiger partial charge >= 0.3 is 0 Å². The molecule has 0 saturated heterocycles. The highest BCUT2D eigenvalue weighted by Crippen LogP contribution is 2.43. The van der Waals surface area contributed by atoms with E-state index >= 15 is 0 Å². The fourth-order valence-electron chi connectivity index (χ4n) is 2.66. The van der Waals surface area contributed by atoms with Crippen molar-refractivity contribution in [1.82, 2.24) is 10.3 Å². The van der Waals surface area contributed by atoms with Gasteiger partial charge in [-0.2, -0.15) is 0 Å². The molecular weight excluding hydrogens is 228 g/mol. The highest BCUT2D eigenvalue weighted by molar-refractivity contribution is 7.09. The zero-order valence-electron chi connectivity index (χ0n) is 11.6. The third kappa shape index (κ3) is 2.41. The molecule has 0 amide bonds. The van der Waals surface area contributed by atoms with E-state index < -0.39 is 0 Å². The normalized spacial score (nSPS) is 29.8. The molecule has 2 nitrogen and oxygen atoms in total. The first-order chi connectivity index (χ1) is 7.87. The molecule has 0 radical (unpaired) electrons. The molecule has 1 aliphatic rings. The monoisotopic (exact) mass is 252 g/mol. The molecule has 0 spiro atoms. The van der Waals surface area contributed by atoms with Crippen molar-refractivity contribution in [3.8, 4) is 0 Å². The molecule has 17 heavy (non-hydrogen) atoms. The first-order valence-electron chi connectivity index (χ1n) is 6.53. The van der Waals surface area contributed by atoms with E-state index in [1.54, 1.807) is 0 Å². The van der Waals surface area contributed by atoms with E-state index in [9.17, 15) is 0 Å². The Morgan fingerprint density at radius 1 is 1.47 bits per heavy atom. The molecule has 96 valence electrons. The first-order valence-corrected chi connectivity index (χ1v) is 7.41. The predicted octanol–water partition coefficient (Wildman–Crippen LogP) is 3.68. The van der Waals surface area contributed by atoms with E-state index in [2.05, 4.69) is 45.4 Å². The number of hydrogen-bond acceptors (Lipinski definition) is 3. The third-order valence-electron chi connectivity index (χ3n) is 3.92. The van der Waals surface area contributed by atoms with Gasteiger partial charge in [0, 0.05) is 10.8 Å². The summed E-state index contributed by atoms with van der Waals surface area (Å²) in [4.78, 5) is 4.90. The summed E-state index contributed by atoms with van der Waals surface area (Å²) < 4.78 is 0. The van der Waals surface area contributed by atoms with Crippen LogP contribution in [0.1, 0.15) is 57.7 Å². The molecule has 1 fully saturated rings. The zero-order chi connectivity index (χ0) is 12.7. The van der Waals surface area contributed by atoms with Crippen LogP contribution < -0.4 is 5.32 Å². The minimum Gasteiger partial charge on any atom is -0.308 e. The van der Waals surface area contributed by atoms with E-state index in [4.69, 9.17) is 4.98 Å². The van der Waals surface area contributed by atoms with Gasteiger partial charge in [0.2, 0.25) is 0 Å². The molecule has 1 aromatic heterocycles. The highest BCUT2D eigenvalue weighted by Gasteiger charge is 2.40. The number of nitrogens with zero attached hydrogens (tertiary/aromatic N) is 1. The van der Waals surface area contributed by atoms with Gasteiger partial charge in [-0.1, -0.05) is 27.7 Å². The van der Waals surface area contributed by atoms with Crippen LogP contribution in [-0.2, 0) is 11.0 Å². The molecule has 1 aromatic rings. The minimum atomic E-state index is 0.146. The zero-order valence-corrected chi connectivity index (χ0v) is 12.4. The Kier molecular flexibility index (Phi) is 3.34. The van der Waals surface area contributed by atoms with Gasteiger partial charge < -0.3 is 5.32 Å². The van der Waals surface area contributed by atoms with Crippen molar-refractivity contribution in [2.24, 2.45) is 5.92 Å². The van der Waals surface area contributed by atoms with E-state index in [1.807, 2.05) is 11.3 Å². The maximum absolute atomic E-state index is 4.90. The van der Waals surface area contributed by atoms with Crippen LogP contribution in [0, 0.1) is 5.92 Å². The quantitative estimate of drug-likeness (QED) is 0.868. The van der Waals surface area contributed by atoms with Crippen LogP contribution >= 0.6 is 11.3 Å². The second-order valence-electron chi connectivity index (χ2n) is 6.47. The predicted molar refractivity (Wildman–Crippen MR) is 74.6 cm³/mol. The molecule has 1 N–H and O–H groups in total. The molecule has 0 bridgehead atoms. The standard InChI is InChI=1S/C14H24N2S/c1-10-6-7-14(8-10,15-5)12-16-11(9-17-12)13(2,3)4/h9-10,15H,6-8H2,1-5H3. The lowest BCUT2D eigenvalue weighted by Crippen LogP contribution is -2.37. The van der Waals surface area contributed by atoms with Gasteiger partial charge in [-0.3, -0.25) is 0 Å². The van der Waals surface area contributed by atoms with Crippen LogP contribution in [0.5, 0.6) is 0 Å². The SMILES string of the molecule is CNC1(c2nc(C(C)(C)C)cs2)CCC(C)C1. The lowest BCUT2D eigenvalue weighted by molar-refractivity contribution is 0.356. The highest BCUT2D eigenvalue weighted by atomic mass is 32.1. The second kappa shape index (κ2) is 4.36. The summed E-state index contributed by atoms with van der Waals surface area (Å²) in [6.07, 6.45) is 3.76. The lowest BCUT2D eigenvalue weighted by atomic mass is 9.92. The fraction of sp³-hybridized carbons (Fsp3) is 0.786. The molecule has 3 heteroatoms. The number of aromatic nitrogens is 1. The number of nitrogens with one attached hydrogen (secondary N) is 1. The maximum atomic E-state index is 4.90. The number of rotatable bonds is 2. The topological polar surface area (TPSA) is 24.9 Å². The summed E-state index contributed by atoms with van der Waals surface area (Å²) in [5.74, 6) is 0.810. The molecule has 1 saturated carbocycles. The average Bonchev–Trinajstić information content (AvgIpc) is 2.83. The summed E-state index contributed by atoms with van der Waals surface area (Å²) in [5.41, 5.74) is 1.54. The van der Waals surface area contributed by atoms with E-state index in [-0.39, 0.29) is 11.0 Å². The maximum Gasteiger partial charge on any atom is 0.113 e. The van der Waals surface area contributed by atoms with Crippen LogP contribution in [0.15, 0.2) is 5.38 Å². The van der Waals surface area contributed by atoms with Crippen LogP contribution in [0.3, 0.4) is 0 Å². The van der Waals surface area contributed by atoms with E-state index in [0.717, 1.165) is 5.92 Å². The lowest BCUT2D eigenvalue weighted by Gasteiger charge is -2.26. The number of hydrogen-bond donors (Lipinski definition) is 1. The van der Waals surface area contributed by atoms with Gasteiger partial charge in [0.05, 0.1) is 11.2 Å². The van der Waals surface area contributed by atoms with Gasteiger partial charge in [0.25, 0.3) is 0 Å². The van der Waals surface area contributed by atoms with Gasteiger partial charge in [-0.05, 0) is 32.2 Å². The van der Waals surface area contributed by atoms with Gasteiger partial charge in [0.15, 0.2) is 0 Å². The average molecular weight is 252 g/mol. The smallest absolute Gasteiger partial charge is 0.113 e. The Balaban J connectivity index is 2.30. The van der Waals surface area contributed by atoms with Crippen molar-refractivity contribution in [3.05, 3.63) is 16.1 Å². The Hall–Kier alpha value is -0.410. The fourth-order valence-corrected chi connectivity index (χ4v) is 3.95. The summed E-state index contributed by atoms with van der Waals surface area (Å²) in [5, 5.41) is 7.06. The molecule has 2 atom stereocenters. The molecule has 1 heterocycles. The van der Waals surface area contributed by atoms with Crippen LogP contribution in [0.4, 0.5) is 0 Å². The molecule has 2 unspecified atom stereocenters. The largest absolute Gasteiger partial charge is 0.308 e. The van der Waals surface area contributed by atoms with Crippen LogP contribution in [-0.4, -0.2) is 12.0 Å². The molecule has 0 aromatic carbocycles. The molecular formula is C14H24N2S. The van der Waals surface area contributed by atoms with E-state index in [1.165, 1.54) is 30.0 Å². The Morgan fingerprint density at radius 3 is 2.59 bits per heavy atom. The Bertz CT molecular complexity index is 391. The van der Waals surface area contributed by atoms with Gasteiger partial charge in [0.1, 0.15) is 5.01 Å². The van der Waals surface area contributed by atoms with Crippen molar-refractivity contribution in [2.45, 2.75) is 57.9 Å².